The number of hydrogen-bond donors (Lipinski definition) is 2. The Kier molecular flexibility index (Phi) is 4.33. The Balaban J connectivity index is 2.14. The van der Waals surface area contributed by atoms with E-state index in [0.717, 1.165) is 24.3 Å². The van der Waals surface area contributed by atoms with Gasteiger partial charge in [-0.3, -0.25) is 0 Å². The van der Waals surface area contributed by atoms with Crippen molar-refractivity contribution in [3.8, 4) is 6.07 Å². The normalized spacial score (nSPS) is 20.6. The predicted octanol–water partition coefficient (Wildman–Crippen LogP) is 1.77. The Bertz CT molecular complexity index is 485. The Labute approximate surface area is 114 Å². The second kappa shape index (κ2) is 5.98. The number of anilines is 1. The maximum atomic E-state index is 9.28. The lowest BCUT2D eigenvalue weighted by Crippen LogP contribution is -2.39. The average Bonchev–Trinajstić information content (AvgIpc) is 2.44. The number of rotatable bonds is 3. The third kappa shape index (κ3) is 3.02. The molecule has 5 heteroatoms. The van der Waals surface area contributed by atoms with Gasteiger partial charge in [0.05, 0.1) is 5.69 Å². The van der Waals surface area contributed by atoms with Crippen LogP contribution in [0.2, 0.25) is 0 Å². The summed E-state index contributed by atoms with van der Waals surface area (Å²) in [5.41, 5.74) is 2.34. The molecule has 1 aliphatic heterocycles. The van der Waals surface area contributed by atoms with Crippen LogP contribution in [0.15, 0.2) is 0 Å². The highest BCUT2D eigenvalue weighted by atomic mass is 15.2. The van der Waals surface area contributed by atoms with Crippen LogP contribution in [0.1, 0.15) is 36.6 Å². The van der Waals surface area contributed by atoms with E-state index in [1.807, 2.05) is 13.8 Å². The first-order valence-electron chi connectivity index (χ1n) is 6.84. The van der Waals surface area contributed by atoms with E-state index in [4.69, 9.17) is 0 Å². The van der Waals surface area contributed by atoms with Gasteiger partial charge in [-0.05, 0) is 58.2 Å². The van der Waals surface area contributed by atoms with Crippen molar-refractivity contribution in [2.75, 3.05) is 18.4 Å². The number of nitriles is 1. The maximum absolute atomic E-state index is 9.28. The van der Waals surface area contributed by atoms with Crippen LogP contribution in [0.25, 0.3) is 0 Å². The molecule has 0 aromatic carbocycles. The van der Waals surface area contributed by atoms with Crippen molar-refractivity contribution >= 4 is 5.82 Å². The average molecular weight is 259 g/mol. The van der Waals surface area contributed by atoms with Crippen LogP contribution >= 0.6 is 0 Å². The summed E-state index contributed by atoms with van der Waals surface area (Å²) < 4.78 is 0. The Morgan fingerprint density at radius 2 is 2.21 bits per heavy atom. The summed E-state index contributed by atoms with van der Waals surface area (Å²) in [4.78, 5) is 0. The number of aromatic nitrogens is 2. The third-order valence-electron chi connectivity index (χ3n) is 3.97. The monoisotopic (exact) mass is 259 g/mol. The van der Waals surface area contributed by atoms with Crippen molar-refractivity contribution in [1.82, 2.24) is 15.5 Å². The minimum absolute atomic E-state index is 0.288. The molecule has 2 atom stereocenters. The van der Waals surface area contributed by atoms with Gasteiger partial charge in [-0.2, -0.15) is 10.4 Å². The number of hydrogen-bond acceptors (Lipinski definition) is 5. The lowest BCUT2D eigenvalue weighted by molar-refractivity contribution is 0.346. The molecule has 102 valence electrons. The first-order valence-corrected chi connectivity index (χ1v) is 6.84. The van der Waals surface area contributed by atoms with Gasteiger partial charge in [0.15, 0.2) is 5.82 Å². The molecule has 2 heterocycles. The standard InChI is InChI=1S/C14H21N5/c1-9-10(2)18-19-14(13(9)7-15)17-11(3)12-5-4-6-16-8-12/h11-12,16H,4-6,8H2,1-3H3,(H,17,19). The first-order chi connectivity index (χ1) is 9.13. The van der Waals surface area contributed by atoms with Crippen molar-refractivity contribution in [1.29, 1.82) is 5.26 Å². The van der Waals surface area contributed by atoms with Gasteiger partial charge in [-0.15, -0.1) is 5.10 Å². The number of nitrogens with one attached hydrogen (secondary N) is 2. The van der Waals surface area contributed by atoms with Crippen molar-refractivity contribution in [3.63, 3.8) is 0 Å². The second-order valence-corrected chi connectivity index (χ2v) is 5.29. The molecule has 2 N–H and O–H groups in total. The highest BCUT2D eigenvalue weighted by Gasteiger charge is 2.21. The predicted molar refractivity (Wildman–Crippen MR) is 74.9 cm³/mol. The summed E-state index contributed by atoms with van der Waals surface area (Å²) in [5, 5.41) is 24.3. The number of aryl methyl sites for hydroxylation is 1. The van der Waals surface area contributed by atoms with E-state index in [-0.39, 0.29) is 6.04 Å². The van der Waals surface area contributed by atoms with Gasteiger partial charge in [-0.1, -0.05) is 0 Å². The van der Waals surface area contributed by atoms with Gasteiger partial charge < -0.3 is 10.6 Å². The van der Waals surface area contributed by atoms with Crippen molar-refractivity contribution in [2.24, 2.45) is 5.92 Å². The van der Waals surface area contributed by atoms with Gasteiger partial charge in [0, 0.05) is 6.04 Å². The summed E-state index contributed by atoms with van der Waals surface area (Å²) in [7, 11) is 0. The van der Waals surface area contributed by atoms with E-state index in [1.54, 1.807) is 0 Å². The van der Waals surface area contributed by atoms with Gasteiger partial charge in [0.25, 0.3) is 0 Å². The molecule has 1 saturated heterocycles. The topological polar surface area (TPSA) is 73.6 Å². The van der Waals surface area contributed by atoms with Gasteiger partial charge in [-0.25, -0.2) is 0 Å². The minimum Gasteiger partial charge on any atom is -0.365 e. The number of piperidine rings is 1. The van der Waals surface area contributed by atoms with E-state index in [9.17, 15) is 5.26 Å². The fourth-order valence-corrected chi connectivity index (χ4v) is 2.49. The van der Waals surface area contributed by atoms with Gasteiger partial charge in [0.1, 0.15) is 11.6 Å². The van der Waals surface area contributed by atoms with Crippen LogP contribution in [-0.4, -0.2) is 29.3 Å². The quantitative estimate of drug-likeness (QED) is 0.865. The molecule has 2 unspecified atom stereocenters. The Morgan fingerprint density at radius 1 is 1.42 bits per heavy atom. The van der Waals surface area contributed by atoms with Crippen LogP contribution in [0.4, 0.5) is 5.82 Å². The van der Waals surface area contributed by atoms with Crippen LogP contribution in [0.5, 0.6) is 0 Å². The summed E-state index contributed by atoms with van der Waals surface area (Å²) in [6.07, 6.45) is 2.42. The molecule has 0 saturated carbocycles. The molecule has 1 fully saturated rings. The highest BCUT2D eigenvalue weighted by molar-refractivity contribution is 5.56. The molecule has 0 aliphatic carbocycles. The van der Waals surface area contributed by atoms with E-state index in [1.165, 1.54) is 12.8 Å². The Morgan fingerprint density at radius 3 is 2.84 bits per heavy atom. The molecule has 1 aliphatic rings. The third-order valence-corrected chi connectivity index (χ3v) is 3.97. The molecular formula is C14H21N5. The lowest BCUT2D eigenvalue weighted by atomic mass is 9.92. The van der Waals surface area contributed by atoms with E-state index in [2.05, 4.69) is 33.8 Å². The second-order valence-electron chi connectivity index (χ2n) is 5.29. The smallest absolute Gasteiger partial charge is 0.167 e. The molecule has 0 amide bonds. The summed E-state index contributed by atoms with van der Waals surface area (Å²) in [6, 6.07) is 2.52. The maximum Gasteiger partial charge on any atom is 0.167 e. The molecule has 2 rings (SSSR count). The molecule has 0 spiro atoms. The van der Waals surface area contributed by atoms with Gasteiger partial charge in [0.2, 0.25) is 0 Å². The summed E-state index contributed by atoms with van der Waals surface area (Å²) in [5.74, 6) is 1.19. The molecular weight excluding hydrogens is 238 g/mol. The molecule has 5 nitrogen and oxygen atoms in total. The Hall–Kier alpha value is -1.67. The summed E-state index contributed by atoms with van der Waals surface area (Å²) in [6.45, 7) is 8.07. The SMILES string of the molecule is Cc1nnc(NC(C)C2CCCNC2)c(C#N)c1C. The minimum atomic E-state index is 0.288. The summed E-state index contributed by atoms with van der Waals surface area (Å²) >= 11 is 0. The van der Waals surface area contributed by atoms with E-state index in [0.29, 0.717) is 17.3 Å². The zero-order chi connectivity index (χ0) is 13.8. The van der Waals surface area contributed by atoms with Crippen molar-refractivity contribution in [3.05, 3.63) is 16.8 Å². The zero-order valence-electron chi connectivity index (χ0n) is 11.8. The first kappa shape index (κ1) is 13.8. The fourth-order valence-electron chi connectivity index (χ4n) is 2.49. The lowest BCUT2D eigenvalue weighted by Gasteiger charge is -2.29. The van der Waals surface area contributed by atoms with Crippen molar-refractivity contribution < 1.29 is 0 Å². The van der Waals surface area contributed by atoms with Gasteiger partial charge >= 0.3 is 0 Å². The van der Waals surface area contributed by atoms with Crippen LogP contribution in [-0.2, 0) is 0 Å². The molecule has 19 heavy (non-hydrogen) atoms. The van der Waals surface area contributed by atoms with E-state index < -0.39 is 0 Å². The highest BCUT2D eigenvalue weighted by Crippen LogP contribution is 2.21. The van der Waals surface area contributed by atoms with Crippen LogP contribution in [0, 0.1) is 31.1 Å². The molecule has 0 radical (unpaired) electrons. The fraction of sp³-hybridized carbons (Fsp3) is 0.643. The van der Waals surface area contributed by atoms with E-state index >= 15 is 0 Å². The molecule has 0 bridgehead atoms. The largest absolute Gasteiger partial charge is 0.365 e. The molecule has 1 aromatic heterocycles. The van der Waals surface area contributed by atoms with Crippen molar-refractivity contribution in [2.45, 2.75) is 39.7 Å². The van der Waals surface area contributed by atoms with Crippen LogP contribution < -0.4 is 10.6 Å². The zero-order valence-corrected chi connectivity index (χ0v) is 11.8. The molecule has 1 aromatic rings. The number of nitrogens with zero attached hydrogens (tertiary/aromatic N) is 3. The van der Waals surface area contributed by atoms with Crippen LogP contribution in [0.3, 0.4) is 0 Å².